The Bertz CT molecular complexity index is 543. The van der Waals surface area contributed by atoms with Crippen molar-refractivity contribution in [2.75, 3.05) is 5.75 Å². The largest absolute Gasteiger partial charge is 0.480 e. The highest BCUT2D eigenvalue weighted by Gasteiger charge is 2.29. The van der Waals surface area contributed by atoms with Gasteiger partial charge >= 0.3 is 5.97 Å². The molecule has 0 spiro atoms. The van der Waals surface area contributed by atoms with E-state index in [2.05, 4.69) is 28.6 Å². The maximum Gasteiger partial charge on any atom is 0.327 e. The van der Waals surface area contributed by atoms with Crippen LogP contribution in [-0.2, 0) is 19.2 Å². The molecular weight excluding hydrogens is 376 g/mol. The van der Waals surface area contributed by atoms with Crippen LogP contribution in [0.3, 0.4) is 0 Å². The number of carbonyl (C=O) groups excluding carboxylic acids is 3. The number of carbonyl (C=O) groups is 4. The van der Waals surface area contributed by atoms with Crippen LogP contribution in [0.1, 0.15) is 34.1 Å². The second-order valence-corrected chi connectivity index (χ2v) is 7.13. The Balaban J connectivity index is 4.99. The summed E-state index contributed by atoms with van der Waals surface area (Å²) < 4.78 is 0. The van der Waals surface area contributed by atoms with E-state index in [-0.39, 0.29) is 18.1 Å². The van der Waals surface area contributed by atoms with Gasteiger partial charge in [-0.25, -0.2) is 4.79 Å². The molecule has 11 heteroatoms. The summed E-state index contributed by atoms with van der Waals surface area (Å²) in [6.45, 7) is 6.44. The molecule has 0 aromatic heterocycles. The number of carboxylic acid groups (broad SMARTS) is 1. The van der Waals surface area contributed by atoms with Crippen molar-refractivity contribution < 1.29 is 29.4 Å². The van der Waals surface area contributed by atoms with Crippen LogP contribution in [0.4, 0.5) is 0 Å². The Morgan fingerprint density at radius 2 is 1.44 bits per heavy atom. The van der Waals surface area contributed by atoms with Gasteiger partial charge in [-0.2, -0.15) is 12.6 Å². The number of nitrogens with two attached hydrogens (primary N) is 1. The fourth-order valence-electron chi connectivity index (χ4n) is 2.05. The standard InChI is InChI=1S/C16H30N4O6S/c1-7(2)5-10(19-15(24)12(17)9(4)21)14(23)18-8(3)13(22)20-11(6-27)16(25)26/h7-12,21,27H,5-6,17H2,1-4H3,(H,18,23)(H,19,24)(H,20,22)(H,25,26). The van der Waals surface area contributed by atoms with Crippen LogP contribution in [0.15, 0.2) is 0 Å². The highest BCUT2D eigenvalue weighted by Crippen LogP contribution is 2.06. The van der Waals surface area contributed by atoms with Crippen molar-refractivity contribution in [3.8, 4) is 0 Å². The molecule has 3 amide bonds. The summed E-state index contributed by atoms with van der Waals surface area (Å²) in [5.41, 5.74) is 5.57. The predicted molar refractivity (Wildman–Crippen MR) is 102 cm³/mol. The topological polar surface area (TPSA) is 171 Å². The zero-order valence-electron chi connectivity index (χ0n) is 15.9. The van der Waals surface area contributed by atoms with Crippen LogP contribution in [0, 0.1) is 5.92 Å². The number of rotatable bonds is 11. The van der Waals surface area contributed by atoms with Crippen molar-refractivity contribution in [3.63, 3.8) is 0 Å². The average molecular weight is 407 g/mol. The quantitative estimate of drug-likeness (QED) is 0.199. The molecule has 10 nitrogen and oxygen atoms in total. The van der Waals surface area contributed by atoms with Crippen LogP contribution in [0.25, 0.3) is 0 Å². The van der Waals surface area contributed by atoms with E-state index >= 15 is 0 Å². The van der Waals surface area contributed by atoms with E-state index < -0.39 is 54.0 Å². The molecular formula is C16H30N4O6S. The molecule has 0 saturated heterocycles. The van der Waals surface area contributed by atoms with Crippen LogP contribution in [0.2, 0.25) is 0 Å². The first-order valence-corrected chi connectivity index (χ1v) is 9.22. The van der Waals surface area contributed by atoms with E-state index in [1.165, 1.54) is 13.8 Å². The van der Waals surface area contributed by atoms with Gasteiger partial charge in [0.05, 0.1) is 6.10 Å². The van der Waals surface area contributed by atoms with E-state index in [0.29, 0.717) is 0 Å². The van der Waals surface area contributed by atoms with E-state index in [4.69, 9.17) is 10.8 Å². The first kappa shape index (κ1) is 25.1. The molecule has 27 heavy (non-hydrogen) atoms. The minimum atomic E-state index is -1.24. The molecule has 0 aromatic carbocycles. The minimum Gasteiger partial charge on any atom is -0.480 e. The van der Waals surface area contributed by atoms with Crippen molar-refractivity contribution in [2.45, 2.75) is 64.4 Å². The van der Waals surface area contributed by atoms with Crippen molar-refractivity contribution in [3.05, 3.63) is 0 Å². The van der Waals surface area contributed by atoms with Gasteiger partial charge in [0, 0.05) is 5.75 Å². The molecule has 0 aromatic rings. The molecule has 5 atom stereocenters. The molecule has 0 heterocycles. The maximum absolute atomic E-state index is 12.5. The lowest BCUT2D eigenvalue weighted by atomic mass is 10.0. The summed E-state index contributed by atoms with van der Waals surface area (Å²) in [7, 11) is 0. The lowest BCUT2D eigenvalue weighted by Crippen LogP contribution is -2.57. The van der Waals surface area contributed by atoms with E-state index in [1.807, 2.05) is 13.8 Å². The fourth-order valence-corrected chi connectivity index (χ4v) is 2.30. The molecule has 7 N–H and O–H groups in total. The third-order valence-corrected chi connectivity index (χ3v) is 4.08. The number of aliphatic hydroxyl groups excluding tert-OH is 1. The Kier molecular flexibility index (Phi) is 11.0. The summed E-state index contributed by atoms with van der Waals surface area (Å²) in [5.74, 6) is -3.30. The Morgan fingerprint density at radius 1 is 0.926 bits per heavy atom. The number of hydrogen-bond donors (Lipinski definition) is 7. The van der Waals surface area contributed by atoms with Gasteiger partial charge in [-0.3, -0.25) is 14.4 Å². The van der Waals surface area contributed by atoms with E-state index in [0.717, 1.165) is 0 Å². The number of nitrogens with one attached hydrogen (secondary N) is 3. The van der Waals surface area contributed by atoms with Gasteiger partial charge in [0.1, 0.15) is 24.2 Å². The summed E-state index contributed by atoms with van der Waals surface area (Å²) in [6.07, 6.45) is -0.807. The van der Waals surface area contributed by atoms with E-state index in [9.17, 15) is 24.3 Å². The van der Waals surface area contributed by atoms with Crippen molar-refractivity contribution >= 4 is 36.3 Å². The van der Waals surface area contributed by atoms with Gasteiger partial charge in [-0.05, 0) is 26.2 Å². The van der Waals surface area contributed by atoms with Crippen molar-refractivity contribution in [1.29, 1.82) is 0 Å². The molecule has 0 aliphatic rings. The molecule has 0 saturated carbocycles. The number of aliphatic hydroxyl groups is 1. The summed E-state index contributed by atoms with van der Waals surface area (Å²) >= 11 is 3.85. The lowest BCUT2D eigenvalue weighted by Gasteiger charge is -2.25. The summed E-state index contributed by atoms with van der Waals surface area (Å²) in [4.78, 5) is 47.5. The van der Waals surface area contributed by atoms with Gasteiger partial charge in [-0.15, -0.1) is 0 Å². The predicted octanol–water partition coefficient (Wildman–Crippen LogP) is -1.77. The van der Waals surface area contributed by atoms with Crippen LogP contribution in [0.5, 0.6) is 0 Å². The maximum atomic E-state index is 12.5. The smallest absolute Gasteiger partial charge is 0.327 e. The van der Waals surface area contributed by atoms with Crippen molar-refractivity contribution in [1.82, 2.24) is 16.0 Å². The third kappa shape index (κ3) is 9.07. The van der Waals surface area contributed by atoms with Gasteiger partial charge in [0.15, 0.2) is 0 Å². The SMILES string of the molecule is CC(C)CC(NC(=O)C(N)C(C)O)C(=O)NC(C)C(=O)NC(CS)C(=O)O. The lowest BCUT2D eigenvalue weighted by molar-refractivity contribution is -0.141. The summed E-state index contributed by atoms with van der Waals surface area (Å²) in [6, 6.07) is -4.37. The molecule has 0 aliphatic heterocycles. The molecule has 0 radical (unpaired) electrons. The van der Waals surface area contributed by atoms with Gasteiger partial charge in [0.2, 0.25) is 17.7 Å². The van der Waals surface area contributed by atoms with Crippen LogP contribution >= 0.6 is 12.6 Å². The first-order valence-electron chi connectivity index (χ1n) is 8.59. The zero-order chi connectivity index (χ0) is 21.3. The van der Waals surface area contributed by atoms with Gasteiger partial charge < -0.3 is 31.9 Å². The highest BCUT2D eigenvalue weighted by atomic mass is 32.1. The number of amides is 3. The fraction of sp³-hybridized carbons (Fsp3) is 0.750. The molecule has 0 fully saturated rings. The average Bonchev–Trinajstić information content (AvgIpc) is 2.56. The monoisotopic (exact) mass is 406 g/mol. The molecule has 0 rings (SSSR count). The van der Waals surface area contributed by atoms with Gasteiger partial charge in [-0.1, -0.05) is 13.8 Å². The van der Waals surface area contributed by atoms with Crippen LogP contribution in [-0.4, -0.2) is 69.9 Å². The highest BCUT2D eigenvalue weighted by molar-refractivity contribution is 7.80. The molecule has 0 bridgehead atoms. The number of thiol groups is 1. The number of aliphatic carboxylic acids is 1. The number of carboxylic acids is 1. The molecule has 5 unspecified atom stereocenters. The second-order valence-electron chi connectivity index (χ2n) is 6.77. The Morgan fingerprint density at radius 3 is 1.85 bits per heavy atom. The van der Waals surface area contributed by atoms with Crippen LogP contribution < -0.4 is 21.7 Å². The Labute approximate surface area is 164 Å². The van der Waals surface area contributed by atoms with E-state index in [1.54, 1.807) is 0 Å². The number of hydrogen-bond acceptors (Lipinski definition) is 7. The van der Waals surface area contributed by atoms with Crippen molar-refractivity contribution in [2.24, 2.45) is 11.7 Å². The first-order chi connectivity index (χ1) is 12.4. The van der Waals surface area contributed by atoms with Gasteiger partial charge in [0.25, 0.3) is 0 Å². The summed E-state index contributed by atoms with van der Waals surface area (Å²) in [5, 5.41) is 25.5. The molecule has 156 valence electrons. The third-order valence-electron chi connectivity index (χ3n) is 3.71. The normalized spacial score (nSPS) is 16.6. The Hall–Kier alpha value is -1.85. The zero-order valence-corrected chi connectivity index (χ0v) is 16.8. The second kappa shape index (κ2) is 11.8. The minimum absolute atomic E-state index is 0.0496. The molecule has 0 aliphatic carbocycles.